The molecule has 1 aromatic rings. The molecule has 2 heterocycles. The Morgan fingerprint density at radius 3 is 2.93 bits per heavy atom. The molecule has 84 valence electrons. The predicted octanol–water partition coefficient (Wildman–Crippen LogP) is 1.60. The Labute approximate surface area is 99.8 Å². The van der Waals surface area contributed by atoms with Gasteiger partial charge in [0, 0.05) is 18.3 Å². The van der Waals surface area contributed by atoms with Gasteiger partial charge in [-0.25, -0.2) is 4.98 Å². The smallest absolute Gasteiger partial charge is 0.225 e. The van der Waals surface area contributed by atoms with Crippen molar-refractivity contribution < 1.29 is 4.74 Å². The summed E-state index contributed by atoms with van der Waals surface area (Å²) < 4.78 is 5.64. The number of halogens is 2. The molecule has 1 saturated heterocycles. The molecule has 0 saturated carbocycles. The van der Waals surface area contributed by atoms with Gasteiger partial charge in [-0.3, -0.25) is 0 Å². The Morgan fingerprint density at radius 2 is 2.33 bits per heavy atom. The number of aromatic nitrogens is 2. The minimum Gasteiger partial charge on any atom is -0.473 e. The molecule has 6 heteroatoms. The van der Waals surface area contributed by atoms with Crippen molar-refractivity contribution in [3.05, 3.63) is 17.0 Å². The molecular weight excluding hydrogens is 237 g/mol. The number of ether oxygens (including phenoxy) is 1. The van der Waals surface area contributed by atoms with E-state index in [9.17, 15) is 0 Å². The second-order valence-corrected chi connectivity index (χ2v) is 3.69. The molecule has 0 amide bonds. The van der Waals surface area contributed by atoms with Gasteiger partial charge in [0.25, 0.3) is 0 Å². The van der Waals surface area contributed by atoms with E-state index in [0.29, 0.717) is 5.88 Å². The fourth-order valence-electron chi connectivity index (χ4n) is 1.46. The van der Waals surface area contributed by atoms with E-state index in [4.69, 9.17) is 16.3 Å². The molecule has 1 fully saturated rings. The van der Waals surface area contributed by atoms with Gasteiger partial charge in [-0.2, -0.15) is 4.98 Å². The van der Waals surface area contributed by atoms with Crippen LogP contribution in [0.25, 0.3) is 0 Å². The van der Waals surface area contributed by atoms with Crippen LogP contribution in [0.2, 0.25) is 5.28 Å². The molecule has 1 unspecified atom stereocenters. The number of nitrogens with zero attached hydrogens (tertiary/aromatic N) is 2. The van der Waals surface area contributed by atoms with Crippen LogP contribution >= 0.6 is 24.0 Å². The average molecular weight is 250 g/mol. The zero-order chi connectivity index (χ0) is 9.97. The second kappa shape index (κ2) is 5.49. The lowest BCUT2D eigenvalue weighted by Gasteiger charge is -2.11. The van der Waals surface area contributed by atoms with Crippen LogP contribution in [-0.2, 0) is 0 Å². The monoisotopic (exact) mass is 249 g/mol. The average Bonchev–Trinajstić information content (AvgIpc) is 2.54. The number of nitrogens with one attached hydrogen (secondary N) is 1. The van der Waals surface area contributed by atoms with E-state index in [1.165, 1.54) is 0 Å². The highest BCUT2D eigenvalue weighted by Gasteiger charge is 2.16. The van der Waals surface area contributed by atoms with Crippen LogP contribution in [0.1, 0.15) is 12.1 Å². The topological polar surface area (TPSA) is 47.0 Å². The Hall–Kier alpha value is -0.580. The molecule has 15 heavy (non-hydrogen) atoms. The van der Waals surface area contributed by atoms with Crippen LogP contribution in [0.3, 0.4) is 0 Å². The highest BCUT2D eigenvalue weighted by Crippen LogP contribution is 2.15. The summed E-state index contributed by atoms with van der Waals surface area (Å²) >= 11 is 5.72. The van der Waals surface area contributed by atoms with Crippen molar-refractivity contribution in [3.8, 4) is 5.88 Å². The third-order valence-corrected chi connectivity index (χ3v) is 2.27. The summed E-state index contributed by atoms with van der Waals surface area (Å²) in [6, 6.07) is 1.80. The van der Waals surface area contributed by atoms with E-state index in [0.717, 1.165) is 25.2 Å². The maximum Gasteiger partial charge on any atom is 0.225 e. The zero-order valence-corrected chi connectivity index (χ0v) is 9.94. The van der Waals surface area contributed by atoms with Crippen LogP contribution < -0.4 is 10.1 Å². The van der Waals surface area contributed by atoms with Crippen LogP contribution in [0.15, 0.2) is 6.07 Å². The van der Waals surface area contributed by atoms with Gasteiger partial charge in [0.1, 0.15) is 6.10 Å². The first kappa shape index (κ1) is 12.5. The molecule has 0 spiro atoms. The van der Waals surface area contributed by atoms with Crippen molar-refractivity contribution in [2.75, 3.05) is 13.1 Å². The van der Waals surface area contributed by atoms with Crippen LogP contribution in [0.5, 0.6) is 5.88 Å². The number of hydrogen-bond donors (Lipinski definition) is 1. The third-order valence-electron chi connectivity index (χ3n) is 2.11. The molecule has 1 aliphatic rings. The van der Waals surface area contributed by atoms with Crippen LogP contribution in [0, 0.1) is 6.92 Å². The van der Waals surface area contributed by atoms with E-state index in [2.05, 4.69) is 15.3 Å². The Balaban J connectivity index is 0.00000112. The van der Waals surface area contributed by atoms with Gasteiger partial charge in [0.15, 0.2) is 0 Å². The maximum absolute atomic E-state index is 5.72. The van der Waals surface area contributed by atoms with Crippen molar-refractivity contribution in [3.63, 3.8) is 0 Å². The largest absolute Gasteiger partial charge is 0.473 e. The summed E-state index contributed by atoms with van der Waals surface area (Å²) in [6.45, 7) is 3.75. The molecule has 2 rings (SSSR count). The Morgan fingerprint density at radius 1 is 1.53 bits per heavy atom. The molecule has 1 aliphatic heterocycles. The molecule has 0 bridgehead atoms. The van der Waals surface area contributed by atoms with Crippen molar-refractivity contribution in [1.29, 1.82) is 0 Å². The van der Waals surface area contributed by atoms with Gasteiger partial charge < -0.3 is 10.1 Å². The van der Waals surface area contributed by atoms with Gasteiger partial charge in [0.05, 0.1) is 0 Å². The first-order chi connectivity index (χ1) is 6.74. The van der Waals surface area contributed by atoms with Crippen molar-refractivity contribution >= 4 is 24.0 Å². The second-order valence-electron chi connectivity index (χ2n) is 3.35. The fraction of sp³-hybridized carbons (Fsp3) is 0.556. The maximum atomic E-state index is 5.72. The molecule has 1 aromatic heterocycles. The van der Waals surface area contributed by atoms with Gasteiger partial charge in [-0.15, -0.1) is 12.4 Å². The Kier molecular flexibility index (Phi) is 4.57. The predicted molar refractivity (Wildman–Crippen MR) is 60.9 cm³/mol. The lowest BCUT2D eigenvalue weighted by molar-refractivity contribution is 0.213. The Bertz CT molecular complexity index is 309. The zero-order valence-electron chi connectivity index (χ0n) is 8.36. The summed E-state index contributed by atoms with van der Waals surface area (Å²) in [5.74, 6) is 0.566. The van der Waals surface area contributed by atoms with Gasteiger partial charge in [-0.1, -0.05) is 0 Å². The number of aryl methyl sites for hydroxylation is 1. The van der Waals surface area contributed by atoms with Gasteiger partial charge >= 0.3 is 0 Å². The quantitative estimate of drug-likeness (QED) is 0.810. The van der Waals surface area contributed by atoms with Crippen molar-refractivity contribution in [2.45, 2.75) is 19.4 Å². The lowest BCUT2D eigenvalue weighted by Crippen LogP contribution is -2.20. The van der Waals surface area contributed by atoms with Crippen LogP contribution in [0.4, 0.5) is 0 Å². The van der Waals surface area contributed by atoms with Crippen LogP contribution in [-0.4, -0.2) is 29.2 Å². The number of rotatable bonds is 2. The van der Waals surface area contributed by atoms with E-state index in [1.807, 2.05) is 6.92 Å². The minimum absolute atomic E-state index is 0. The summed E-state index contributed by atoms with van der Waals surface area (Å²) in [6.07, 6.45) is 1.22. The standard InChI is InChI=1S/C9H12ClN3O.ClH/c1-6-4-8(13-9(10)12-6)14-7-2-3-11-5-7;/h4,7,11H,2-3,5H2,1H3;1H. The van der Waals surface area contributed by atoms with E-state index < -0.39 is 0 Å². The minimum atomic E-state index is 0. The highest BCUT2D eigenvalue weighted by atomic mass is 35.5. The first-order valence-corrected chi connectivity index (χ1v) is 5.00. The van der Waals surface area contributed by atoms with Gasteiger partial charge in [0.2, 0.25) is 11.2 Å². The molecule has 1 N–H and O–H groups in total. The first-order valence-electron chi connectivity index (χ1n) is 4.62. The molecule has 0 aromatic carbocycles. The molecule has 1 atom stereocenters. The SMILES string of the molecule is Cc1cc(OC2CCNC2)nc(Cl)n1.Cl. The summed E-state index contributed by atoms with van der Waals surface area (Å²) in [4.78, 5) is 7.97. The molecule has 4 nitrogen and oxygen atoms in total. The fourth-order valence-corrected chi connectivity index (χ4v) is 1.68. The van der Waals surface area contributed by atoms with E-state index >= 15 is 0 Å². The molecule has 0 radical (unpaired) electrons. The lowest BCUT2D eigenvalue weighted by atomic mass is 10.3. The van der Waals surface area contributed by atoms with Crippen molar-refractivity contribution in [2.24, 2.45) is 0 Å². The van der Waals surface area contributed by atoms with E-state index in [1.54, 1.807) is 6.07 Å². The molecule has 0 aliphatic carbocycles. The summed E-state index contributed by atoms with van der Waals surface area (Å²) in [5.41, 5.74) is 0.825. The molecular formula is C9H13Cl2N3O. The normalized spacial score (nSPS) is 19.7. The van der Waals surface area contributed by atoms with Gasteiger partial charge in [-0.05, 0) is 31.5 Å². The summed E-state index contributed by atoms with van der Waals surface area (Å²) in [7, 11) is 0. The summed E-state index contributed by atoms with van der Waals surface area (Å²) in [5, 5.41) is 3.46. The van der Waals surface area contributed by atoms with Crippen molar-refractivity contribution in [1.82, 2.24) is 15.3 Å². The number of hydrogen-bond acceptors (Lipinski definition) is 4. The highest BCUT2D eigenvalue weighted by molar-refractivity contribution is 6.28. The third kappa shape index (κ3) is 3.48. The van der Waals surface area contributed by atoms with E-state index in [-0.39, 0.29) is 23.8 Å².